The number of aromatic nitrogens is 2. The van der Waals surface area contributed by atoms with Gasteiger partial charge in [-0.15, -0.1) is 0 Å². The highest BCUT2D eigenvalue weighted by Gasteiger charge is 2.33. The molecule has 0 bridgehead atoms. The van der Waals surface area contributed by atoms with E-state index in [1.54, 1.807) is 12.3 Å². The normalized spacial score (nSPS) is 26.3. The molecule has 0 unspecified atom stereocenters. The summed E-state index contributed by atoms with van der Waals surface area (Å²) in [6.45, 7) is 2.43. The zero-order valence-electron chi connectivity index (χ0n) is 11.9. The topological polar surface area (TPSA) is 90.5 Å². The standard InChI is InChI=1S/C14H20N4O3/c15-12-5-8-18(14(20)16-12)13-4-3-11(21-13)10(19)9-17-6-1-2-7-17/h5,8,11,13H,1-4,6-7,9H2,(H2,15,16,20)/t11-,13+/m0/s1. The van der Waals surface area contributed by atoms with Gasteiger partial charge in [-0.3, -0.25) is 14.3 Å². The van der Waals surface area contributed by atoms with Crippen molar-refractivity contribution < 1.29 is 9.53 Å². The van der Waals surface area contributed by atoms with Gasteiger partial charge < -0.3 is 10.5 Å². The first-order chi connectivity index (χ1) is 10.1. The molecule has 2 atom stereocenters. The molecule has 2 aliphatic rings. The Hall–Kier alpha value is -1.73. The van der Waals surface area contributed by atoms with E-state index in [0.717, 1.165) is 25.9 Å². The van der Waals surface area contributed by atoms with E-state index in [0.29, 0.717) is 19.4 Å². The number of carbonyl (C=O) groups is 1. The van der Waals surface area contributed by atoms with Crippen LogP contribution in [0.15, 0.2) is 17.1 Å². The molecule has 7 nitrogen and oxygen atoms in total. The minimum atomic E-state index is -0.437. The van der Waals surface area contributed by atoms with Crippen LogP contribution >= 0.6 is 0 Å². The molecular weight excluding hydrogens is 272 g/mol. The number of likely N-dealkylation sites (tertiary alicyclic amines) is 1. The second kappa shape index (κ2) is 5.95. The summed E-state index contributed by atoms with van der Waals surface area (Å²) in [4.78, 5) is 29.9. The Labute approximate surface area is 122 Å². The molecule has 0 spiro atoms. The molecule has 0 amide bonds. The molecule has 1 aromatic rings. The van der Waals surface area contributed by atoms with Gasteiger partial charge in [0.2, 0.25) is 0 Å². The zero-order valence-corrected chi connectivity index (χ0v) is 11.9. The van der Waals surface area contributed by atoms with Gasteiger partial charge in [0.05, 0.1) is 6.54 Å². The van der Waals surface area contributed by atoms with Crippen LogP contribution in [0.4, 0.5) is 5.82 Å². The quantitative estimate of drug-likeness (QED) is 0.850. The van der Waals surface area contributed by atoms with Gasteiger partial charge in [-0.25, -0.2) is 4.79 Å². The molecule has 2 aliphatic heterocycles. The summed E-state index contributed by atoms with van der Waals surface area (Å²) >= 11 is 0. The summed E-state index contributed by atoms with van der Waals surface area (Å²) in [5.41, 5.74) is 5.03. The van der Waals surface area contributed by atoms with Crippen molar-refractivity contribution in [2.75, 3.05) is 25.4 Å². The van der Waals surface area contributed by atoms with Crippen LogP contribution in [0.3, 0.4) is 0 Å². The van der Waals surface area contributed by atoms with E-state index in [1.807, 2.05) is 0 Å². The monoisotopic (exact) mass is 292 g/mol. The second-order valence-corrected chi connectivity index (χ2v) is 5.65. The summed E-state index contributed by atoms with van der Waals surface area (Å²) in [5.74, 6) is 0.298. The molecule has 2 N–H and O–H groups in total. The number of carbonyl (C=O) groups excluding carboxylic acids is 1. The van der Waals surface area contributed by atoms with Crippen molar-refractivity contribution >= 4 is 11.6 Å². The van der Waals surface area contributed by atoms with E-state index in [2.05, 4.69) is 9.88 Å². The van der Waals surface area contributed by atoms with Crippen LogP contribution in [0.2, 0.25) is 0 Å². The van der Waals surface area contributed by atoms with Crippen LogP contribution in [-0.4, -0.2) is 46.0 Å². The lowest BCUT2D eigenvalue weighted by Gasteiger charge is -2.18. The fourth-order valence-corrected chi connectivity index (χ4v) is 2.97. The van der Waals surface area contributed by atoms with Crippen LogP contribution in [0.25, 0.3) is 0 Å². The largest absolute Gasteiger partial charge is 0.383 e. The minimum Gasteiger partial charge on any atom is -0.383 e. The van der Waals surface area contributed by atoms with Crippen LogP contribution in [-0.2, 0) is 9.53 Å². The minimum absolute atomic E-state index is 0.107. The third kappa shape index (κ3) is 3.14. The molecule has 1 aromatic heterocycles. The van der Waals surface area contributed by atoms with Gasteiger partial charge in [-0.2, -0.15) is 4.98 Å². The second-order valence-electron chi connectivity index (χ2n) is 5.65. The van der Waals surface area contributed by atoms with E-state index < -0.39 is 18.0 Å². The average Bonchev–Trinajstić information content (AvgIpc) is 3.09. The van der Waals surface area contributed by atoms with Crippen molar-refractivity contribution in [3.05, 3.63) is 22.7 Å². The van der Waals surface area contributed by atoms with Gasteiger partial charge >= 0.3 is 5.69 Å². The Morgan fingerprint density at radius 3 is 2.86 bits per heavy atom. The molecule has 0 aromatic carbocycles. The molecular formula is C14H20N4O3. The van der Waals surface area contributed by atoms with Gasteiger partial charge in [0.15, 0.2) is 5.78 Å². The maximum atomic E-state index is 12.2. The predicted molar refractivity (Wildman–Crippen MR) is 76.7 cm³/mol. The van der Waals surface area contributed by atoms with Crippen LogP contribution in [0, 0.1) is 0 Å². The number of anilines is 1. The summed E-state index contributed by atoms with van der Waals surface area (Å²) < 4.78 is 7.15. The summed E-state index contributed by atoms with van der Waals surface area (Å²) in [6.07, 6.45) is 4.35. The first-order valence-corrected chi connectivity index (χ1v) is 7.38. The third-order valence-electron chi connectivity index (χ3n) is 4.10. The van der Waals surface area contributed by atoms with Crippen molar-refractivity contribution in [3.63, 3.8) is 0 Å². The maximum Gasteiger partial charge on any atom is 0.351 e. The molecule has 3 heterocycles. The zero-order chi connectivity index (χ0) is 14.8. The number of hydrogen-bond donors (Lipinski definition) is 1. The van der Waals surface area contributed by atoms with Crippen molar-refractivity contribution in [1.29, 1.82) is 0 Å². The fourth-order valence-electron chi connectivity index (χ4n) is 2.97. The lowest BCUT2D eigenvalue weighted by molar-refractivity contribution is -0.132. The Morgan fingerprint density at radius 2 is 2.14 bits per heavy atom. The first-order valence-electron chi connectivity index (χ1n) is 7.38. The number of ether oxygens (including phenoxy) is 1. The van der Waals surface area contributed by atoms with Gasteiger partial charge in [0.25, 0.3) is 0 Å². The first kappa shape index (κ1) is 14.2. The maximum absolute atomic E-state index is 12.2. The van der Waals surface area contributed by atoms with Gasteiger partial charge in [0, 0.05) is 6.20 Å². The highest BCUT2D eigenvalue weighted by molar-refractivity contribution is 5.85. The van der Waals surface area contributed by atoms with E-state index in [1.165, 1.54) is 4.57 Å². The summed E-state index contributed by atoms with van der Waals surface area (Å²) in [5, 5.41) is 0. The SMILES string of the molecule is Nc1ccn([C@H]2CC[C@@H](C(=O)CN3CCCC3)O2)c(=O)n1. The lowest BCUT2D eigenvalue weighted by Crippen LogP contribution is -2.34. The third-order valence-corrected chi connectivity index (χ3v) is 4.10. The summed E-state index contributed by atoms with van der Waals surface area (Å²) in [7, 11) is 0. The molecule has 3 rings (SSSR count). The number of nitrogens with two attached hydrogens (primary N) is 1. The highest BCUT2D eigenvalue weighted by atomic mass is 16.5. The number of nitrogens with zero attached hydrogens (tertiary/aromatic N) is 3. The van der Waals surface area contributed by atoms with E-state index in [9.17, 15) is 9.59 Å². The number of rotatable bonds is 4. The van der Waals surface area contributed by atoms with E-state index >= 15 is 0 Å². The van der Waals surface area contributed by atoms with E-state index in [-0.39, 0.29) is 11.6 Å². The van der Waals surface area contributed by atoms with Crippen molar-refractivity contribution in [2.45, 2.75) is 38.0 Å². The molecule has 21 heavy (non-hydrogen) atoms. The highest BCUT2D eigenvalue weighted by Crippen LogP contribution is 2.28. The molecule has 114 valence electrons. The molecule has 0 saturated carbocycles. The lowest BCUT2D eigenvalue weighted by atomic mass is 10.1. The Bertz CT molecular complexity index is 580. The molecule has 0 aliphatic carbocycles. The van der Waals surface area contributed by atoms with Gasteiger partial charge in [0.1, 0.15) is 18.1 Å². The number of hydrogen-bond acceptors (Lipinski definition) is 6. The fraction of sp³-hybridized carbons (Fsp3) is 0.643. The predicted octanol–water partition coefficient (Wildman–Crippen LogP) is 0.168. The van der Waals surface area contributed by atoms with Crippen molar-refractivity contribution in [1.82, 2.24) is 14.5 Å². The van der Waals surface area contributed by atoms with Gasteiger partial charge in [-0.05, 0) is 44.8 Å². The number of nitrogen functional groups attached to an aromatic ring is 1. The Morgan fingerprint density at radius 1 is 1.38 bits per heavy atom. The van der Waals surface area contributed by atoms with Crippen LogP contribution in [0.5, 0.6) is 0 Å². The molecule has 0 radical (unpaired) electrons. The van der Waals surface area contributed by atoms with E-state index in [4.69, 9.17) is 10.5 Å². The summed E-state index contributed by atoms with van der Waals surface area (Å²) in [6, 6.07) is 1.56. The number of Topliss-reactive ketones (excluding diaryl/α,β-unsaturated/α-hetero) is 1. The van der Waals surface area contributed by atoms with Gasteiger partial charge in [-0.1, -0.05) is 0 Å². The molecule has 2 fully saturated rings. The smallest absolute Gasteiger partial charge is 0.351 e. The molecule has 7 heteroatoms. The Kier molecular flexibility index (Phi) is 4.03. The average molecular weight is 292 g/mol. The van der Waals surface area contributed by atoms with Crippen LogP contribution < -0.4 is 11.4 Å². The Balaban J connectivity index is 1.62. The molecule has 2 saturated heterocycles. The van der Waals surface area contributed by atoms with Crippen molar-refractivity contribution in [2.24, 2.45) is 0 Å². The van der Waals surface area contributed by atoms with Crippen molar-refractivity contribution in [3.8, 4) is 0 Å². The van der Waals surface area contributed by atoms with Crippen LogP contribution in [0.1, 0.15) is 31.9 Å². The number of ketones is 1.